The number of aromatic nitrogens is 1. The minimum Gasteiger partial charge on any atom is -0.481 e. The van der Waals surface area contributed by atoms with Crippen LogP contribution >= 0.6 is 0 Å². The molecule has 1 fully saturated rings. The van der Waals surface area contributed by atoms with Gasteiger partial charge in [-0.25, -0.2) is 4.98 Å². The first-order valence-corrected chi connectivity index (χ1v) is 11.7. The summed E-state index contributed by atoms with van der Waals surface area (Å²) < 4.78 is 11.6. The van der Waals surface area contributed by atoms with Gasteiger partial charge in [0.1, 0.15) is 5.76 Å². The summed E-state index contributed by atoms with van der Waals surface area (Å²) in [7, 11) is 0. The van der Waals surface area contributed by atoms with Gasteiger partial charge in [0.2, 0.25) is 5.89 Å². The van der Waals surface area contributed by atoms with Gasteiger partial charge in [-0.15, -0.1) is 0 Å². The maximum Gasteiger partial charge on any atom is 0.306 e. The monoisotopic (exact) mass is 439 g/mol. The molecule has 2 atom stereocenters. The van der Waals surface area contributed by atoms with E-state index in [1.165, 1.54) is 11.1 Å². The number of oxazole rings is 1. The first-order valence-electron chi connectivity index (χ1n) is 11.7. The highest BCUT2D eigenvalue weighted by atomic mass is 16.5. The summed E-state index contributed by atoms with van der Waals surface area (Å²) in [5.41, 5.74) is 4.32. The van der Waals surface area contributed by atoms with Crippen molar-refractivity contribution in [3.05, 3.63) is 65.1 Å². The molecule has 3 rings (SSSR count). The molecule has 1 heterocycles. The summed E-state index contributed by atoms with van der Waals surface area (Å²) >= 11 is 0. The first-order chi connectivity index (χ1) is 15.5. The predicted molar refractivity (Wildman–Crippen MR) is 129 cm³/mol. The van der Waals surface area contributed by atoms with E-state index in [2.05, 4.69) is 24.1 Å². The Balaban J connectivity index is 0.00000176. The van der Waals surface area contributed by atoms with E-state index < -0.39 is 5.97 Å². The van der Waals surface area contributed by atoms with Crippen LogP contribution in [0.15, 0.2) is 58.0 Å². The van der Waals surface area contributed by atoms with Crippen molar-refractivity contribution >= 4 is 5.97 Å². The van der Waals surface area contributed by atoms with Gasteiger partial charge in [-0.3, -0.25) is 4.79 Å². The quantitative estimate of drug-likeness (QED) is 0.444. The fourth-order valence-corrected chi connectivity index (χ4v) is 4.04. The van der Waals surface area contributed by atoms with Crippen molar-refractivity contribution in [2.45, 2.75) is 60.3 Å². The molecule has 1 N–H and O–H groups in total. The summed E-state index contributed by atoms with van der Waals surface area (Å²) in [5, 5.41) is 9.38. The topological polar surface area (TPSA) is 72.6 Å². The normalized spacial score (nSPS) is 19.1. The molecular weight excluding hydrogens is 402 g/mol. The van der Waals surface area contributed by atoms with Crippen molar-refractivity contribution in [3.8, 4) is 11.5 Å². The summed E-state index contributed by atoms with van der Waals surface area (Å²) in [5.74, 6) is 0.484. The van der Waals surface area contributed by atoms with E-state index in [0.717, 1.165) is 36.3 Å². The second kappa shape index (κ2) is 13.0. The third kappa shape index (κ3) is 6.67. The molecule has 5 heteroatoms. The van der Waals surface area contributed by atoms with Crippen LogP contribution in [0, 0.1) is 18.8 Å². The number of carboxylic acid groups (broad SMARTS) is 1. The van der Waals surface area contributed by atoms with Crippen LogP contribution in [0.4, 0.5) is 0 Å². The van der Waals surface area contributed by atoms with Crippen molar-refractivity contribution in [1.29, 1.82) is 0 Å². The molecule has 1 aliphatic carbocycles. The number of nitrogens with zero attached hydrogens (tertiary/aromatic N) is 1. The first kappa shape index (κ1) is 25.6. The van der Waals surface area contributed by atoms with E-state index in [1.54, 1.807) is 6.92 Å². The number of benzene rings is 1. The molecular formula is C27H37NO4. The molecule has 1 aromatic heterocycles. The largest absolute Gasteiger partial charge is 0.481 e. The van der Waals surface area contributed by atoms with E-state index in [0.29, 0.717) is 25.5 Å². The summed E-state index contributed by atoms with van der Waals surface area (Å²) in [6.07, 6.45) is 7.70. The maximum absolute atomic E-state index is 11.4. The molecule has 0 spiro atoms. The Labute approximate surface area is 192 Å². The molecule has 1 aliphatic rings. The fourth-order valence-electron chi connectivity index (χ4n) is 4.04. The van der Waals surface area contributed by atoms with Gasteiger partial charge in [0.05, 0.1) is 24.8 Å². The fraction of sp³-hybridized carbons (Fsp3) is 0.481. The molecule has 32 heavy (non-hydrogen) atoms. The average molecular weight is 440 g/mol. The highest BCUT2D eigenvalue weighted by Gasteiger charge is 2.32. The Kier molecular flexibility index (Phi) is 10.4. The summed E-state index contributed by atoms with van der Waals surface area (Å²) in [6, 6.07) is 9.88. The van der Waals surface area contributed by atoms with E-state index >= 15 is 0 Å². The Morgan fingerprint density at radius 1 is 1.28 bits per heavy atom. The zero-order valence-corrected chi connectivity index (χ0v) is 20.1. The third-order valence-corrected chi connectivity index (χ3v) is 5.76. The highest BCUT2D eigenvalue weighted by molar-refractivity contribution is 5.71. The third-order valence-electron chi connectivity index (χ3n) is 5.76. The number of carbonyl (C=O) groups is 1. The van der Waals surface area contributed by atoms with Gasteiger partial charge in [-0.05, 0) is 55.4 Å². The molecule has 1 aromatic carbocycles. The van der Waals surface area contributed by atoms with Crippen LogP contribution in [-0.2, 0) is 16.0 Å². The second-order valence-electron chi connectivity index (χ2n) is 7.78. The van der Waals surface area contributed by atoms with Crippen LogP contribution in [-0.4, -0.2) is 29.3 Å². The van der Waals surface area contributed by atoms with Crippen LogP contribution in [0.3, 0.4) is 0 Å². The van der Waals surface area contributed by atoms with E-state index in [1.807, 2.05) is 51.1 Å². The number of carboxylic acids is 1. The lowest BCUT2D eigenvalue weighted by Crippen LogP contribution is -2.19. The minimum absolute atomic E-state index is 0.0999. The molecule has 5 nitrogen and oxygen atoms in total. The predicted octanol–water partition coefficient (Wildman–Crippen LogP) is 6.63. The Morgan fingerprint density at radius 2 is 2.00 bits per heavy atom. The molecule has 2 unspecified atom stereocenters. The average Bonchev–Trinajstić information content (AvgIpc) is 3.38. The Morgan fingerprint density at radius 3 is 2.66 bits per heavy atom. The number of hydrogen-bond acceptors (Lipinski definition) is 4. The van der Waals surface area contributed by atoms with Gasteiger partial charge in [0.25, 0.3) is 0 Å². The number of ether oxygens (including phenoxy) is 1. The second-order valence-corrected chi connectivity index (χ2v) is 7.78. The van der Waals surface area contributed by atoms with Gasteiger partial charge in [0, 0.05) is 12.0 Å². The number of aryl methyl sites for hydroxylation is 1. The maximum atomic E-state index is 11.4. The zero-order chi connectivity index (χ0) is 23.5. The van der Waals surface area contributed by atoms with Crippen LogP contribution < -0.4 is 0 Å². The Bertz CT molecular complexity index is 911. The van der Waals surface area contributed by atoms with Gasteiger partial charge in [-0.2, -0.15) is 0 Å². The van der Waals surface area contributed by atoms with Crippen LogP contribution in [0.1, 0.15) is 58.4 Å². The van der Waals surface area contributed by atoms with Crippen molar-refractivity contribution in [1.82, 2.24) is 4.98 Å². The molecule has 0 bridgehead atoms. The van der Waals surface area contributed by atoms with Gasteiger partial charge >= 0.3 is 5.97 Å². The summed E-state index contributed by atoms with van der Waals surface area (Å²) in [4.78, 5) is 16.0. The molecule has 1 saturated carbocycles. The number of hydrogen-bond donors (Lipinski definition) is 1. The van der Waals surface area contributed by atoms with E-state index in [9.17, 15) is 9.90 Å². The molecule has 0 amide bonds. The van der Waals surface area contributed by atoms with Gasteiger partial charge in [0.15, 0.2) is 0 Å². The lowest BCUT2D eigenvalue weighted by molar-refractivity contribution is -0.142. The molecule has 0 aliphatic heterocycles. The molecule has 174 valence electrons. The molecule has 2 aromatic rings. The van der Waals surface area contributed by atoms with Crippen molar-refractivity contribution < 1.29 is 19.1 Å². The number of rotatable bonds is 9. The van der Waals surface area contributed by atoms with Crippen molar-refractivity contribution in [2.24, 2.45) is 11.8 Å². The van der Waals surface area contributed by atoms with E-state index in [4.69, 9.17) is 9.15 Å². The van der Waals surface area contributed by atoms with Crippen molar-refractivity contribution in [2.75, 3.05) is 13.2 Å². The summed E-state index contributed by atoms with van der Waals surface area (Å²) in [6.45, 7) is 10.9. The lowest BCUT2D eigenvalue weighted by Gasteiger charge is -2.17. The van der Waals surface area contributed by atoms with Crippen LogP contribution in [0.25, 0.3) is 11.5 Å². The van der Waals surface area contributed by atoms with Crippen LogP contribution in [0.2, 0.25) is 0 Å². The van der Waals surface area contributed by atoms with Gasteiger partial charge in [-0.1, -0.05) is 58.0 Å². The Hall–Kier alpha value is -2.66. The van der Waals surface area contributed by atoms with Gasteiger partial charge < -0.3 is 14.3 Å². The molecule has 0 radical (unpaired) electrons. The van der Waals surface area contributed by atoms with E-state index in [-0.39, 0.29) is 11.8 Å². The number of aliphatic carboxylic acids is 1. The lowest BCUT2D eigenvalue weighted by atomic mass is 9.88. The SMILES string of the molecule is CC.CC/C=C1\C(=C/COCCc2nc(-c3ccccc3)oc2C)CCC1C(C)C(=O)O. The van der Waals surface area contributed by atoms with Crippen molar-refractivity contribution in [3.63, 3.8) is 0 Å². The smallest absolute Gasteiger partial charge is 0.306 e. The van der Waals surface area contributed by atoms with Crippen LogP contribution in [0.5, 0.6) is 0 Å². The standard InChI is InChI=1S/C25H31NO4.C2H6/c1-4-8-22-19(11-12-21(22)17(2)25(27)28)13-15-29-16-14-23-18(3)30-24(26-23)20-9-6-5-7-10-20;1-2/h5-10,13,17,21H,4,11-12,14-16H2,1-3H3,(H,27,28);1-2H3/b19-13-,22-8+;. The zero-order valence-electron chi connectivity index (χ0n) is 20.1. The number of allylic oxidation sites excluding steroid dienone is 3. The molecule has 0 saturated heterocycles. The highest BCUT2D eigenvalue weighted by Crippen LogP contribution is 2.40. The minimum atomic E-state index is -0.725.